The molecular weight excluding hydrogens is 258 g/mol. The average Bonchev–Trinajstić information content (AvgIpc) is 2.41. The molecule has 7 nitrogen and oxygen atoms in total. The maximum Gasteiger partial charge on any atom is 0.312 e. The van der Waals surface area contributed by atoms with Crippen LogP contribution in [0.4, 0.5) is 10.5 Å². The molecule has 0 spiro atoms. The second-order valence-corrected chi connectivity index (χ2v) is 4.34. The Kier molecular flexibility index (Phi) is 6.28. The maximum absolute atomic E-state index is 12.0. The molecule has 1 heterocycles. The second kappa shape index (κ2) is 7.98. The summed E-state index contributed by atoms with van der Waals surface area (Å²) in [6.07, 6.45) is 2.51. The summed E-state index contributed by atoms with van der Waals surface area (Å²) < 4.78 is 0. The number of anilines is 1. The maximum atomic E-state index is 12.0. The first-order chi connectivity index (χ1) is 9.54. The number of carbonyl (C=O) groups is 2. The molecule has 0 saturated carbocycles. The molecule has 1 aromatic rings. The molecular formula is C13H21N5O2. The van der Waals surface area contributed by atoms with E-state index in [1.54, 1.807) is 6.20 Å². The Morgan fingerprint density at radius 2 is 1.95 bits per heavy atom. The lowest BCUT2D eigenvalue weighted by atomic mass is 10.2. The van der Waals surface area contributed by atoms with Crippen LogP contribution in [0.15, 0.2) is 12.3 Å². The van der Waals surface area contributed by atoms with Crippen molar-refractivity contribution in [3.05, 3.63) is 23.5 Å². The molecule has 0 unspecified atom stereocenters. The van der Waals surface area contributed by atoms with Gasteiger partial charge in [0.05, 0.1) is 11.3 Å². The van der Waals surface area contributed by atoms with Gasteiger partial charge in [0.25, 0.3) is 5.91 Å². The molecule has 0 fully saturated rings. The minimum absolute atomic E-state index is 0.234. The molecule has 7 heteroatoms. The molecule has 0 saturated heterocycles. The number of aromatic nitrogens is 1. The highest BCUT2D eigenvalue weighted by Crippen LogP contribution is 2.15. The van der Waals surface area contributed by atoms with Crippen molar-refractivity contribution in [2.24, 2.45) is 5.73 Å². The lowest BCUT2D eigenvalue weighted by molar-refractivity contribution is 0.0954. The smallest absolute Gasteiger partial charge is 0.312 e. The van der Waals surface area contributed by atoms with E-state index < -0.39 is 6.03 Å². The molecule has 1 rings (SSSR count). The summed E-state index contributed by atoms with van der Waals surface area (Å²) >= 11 is 0. The summed E-state index contributed by atoms with van der Waals surface area (Å²) in [7, 11) is 0. The summed E-state index contributed by atoms with van der Waals surface area (Å²) in [6, 6.07) is 1.23. The summed E-state index contributed by atoms with van der Waals surface area (Å²) in [5, 5.41) is 8.31. The zero-order valence-electron chi connectivity index (χ0n) is 11.8. The van der Waals surface area contributed by atoms with Gasteiger partial charge >= 0.3 is 6.03 Å². The number of aryl methyl sites for hydroxylation is 1. The van der Waals surface area contributed by atoms with Crippen LogP contribution in [0, 0.1) is 6.92 Å². The number of pyridine rings is 1. The topological polar surface area (TPSA) is 109 Å². The number of hydrogen-bond donors (Lipinski definition) is 4. The first-order valence-electron chi connectivity index (χ1n) is 6.56. The highest BCUT2D eigenvalue weighted by molar-refractivity contribution is 5.99. The van der Waals surface area contributed by atoms with E-state index in [2.05, 4.69) is 27.9 Å². The molecule has 0 radical (unpaired) electrons. The van der Waals surface area contributed by atoms with Gasteiger partial charge in [0.1, 0.15) is 0 Å². The lowest BCUT2D eigenvalue weighted by Gasteiger charge is -2.12. The van der Waals surface area contributed by atoms with Gasteiger partial charge in [0.15, 0.2) is 0 Å². The van der Waals surface area contributed by atoms with Crippen LogP contribution in [0.2, 0.25) is 0 Å². The van der Waals surface area contributed by atoms with Crippen LogP contribution in [-0.4, -0.2) is 36.6 Å². The van der Waals surface area contributed by atoms with Gasteiger partial charge in [-0.2, -0.15) is 0 Å². The first-order valence-corrected chi connectivity index (χ1v) is 6.56. The lowest BCUT2D eigenvalue weighted by Crippen LogP contribution is -2.37. The standard InChI is InChI=1S/C13H21N5O2/c1-3-4-15-11-7-9(2)18-8-10(11)12(19)16-5-6-17-13(14)20/h7-8H,3-6H2,1-2H3,(H,15,18)(H,16,19)(H3,14,17,20). The van der Waals surface area contributed by atoms with Crippen LogP contribution >= 0.6 is 0 Å². The van der Waals surface area contributed by atoms with Crippen molar-refractivity contribution in [2.75, 3.05) is 25.0 Å². The van der Waals surface area contributed by atoms with Crippen LogP contribution in [0.25, 0.3) is 0 Å². The molecule has 0 aliphatic carbocycles. The van der Waals surface area contributed by atoms with Crippen molar-refractivity contribution in [2.45, 2.75) is 20.3 Å². The molecule has 0 aliphatic heterocycles. The van der Waals surface area contributed by atoms with Crippen molar-refractivity contribution in [1.82, 2.24) is 15.6 Å². The van der Waals surface area contributed by atoms with E-state index in [-0.39, 0.29) is 12.5 Å². The minimum Gasteiger partial charge on any atom is -0.384 e. The number of carbonyl (C=O) groups excluding carboxylic acids is 2. The number of nitrogens with zero attached hydrogens (tertiary/aromatic N) is 1. The molecule has 1 aromatic heterocycles. The quantitative estimate of drug-likeness (QED) is 0.548. The van der Waals surface area contributed by atoms with Gasteiger partial charge < -0.3 is 21.7 Å². The van der Waals surface area contributed by atoms with Crippen LogP contribution in [0.5, 0.6) is 0 Å². The third kappa shape index (κ3) is 5.13. The summed E-state index contributed by atoms with van der Waals surface area (Å²) in [5.74, 6) is -0.234. The van der Waals surface area contributed by atoms with Gasteiger partial charge in [-0.25, -0.2) is 4.79 Å². The van der Waals surface area contributed by atoms with Crippen molar-refractivity contribution in [3.63, 3.8) is 0 Å². The summed E-state index contributed by atoms with van der Waals surface area (Å²) in [5.41, 5.74) is 7.03. The highest BCUT2D eigenvalue weighted by atomic mass is 16.2. The fourth-order valence-corrected chi connectivity index (χ4v) is 1.60. The molecule has 0 atom stereocenters. The number of amides is 3. The van der Waals surface area contributed by atoms with E-state index in [1.165, 1.54) is 0 Å². The number of urea groups is 1. The molecule has 0 bridgehead atoms. The monoisotopic (exact) mass is 279 g/mol. The van der Waals surface area contributed by atoms with Crippen LogP contribution in [0.3, 0.4) is 0 Å². The summed E-state index contributed by atoms with van der Waals surface area (Å²) in [4.78, 5) is 26.7. The number of hydrogen-bond acceptors (Lipinski definition) is 4. The van der Waals surface area contributed by atoms with Crippen molar-refractivity contribution in [1.29, 1.82) is 0 Å². The van der Waals surface area contributed by atoms with Gasteiger partial charge in [-0.15, -0.1) is 0 Å². The molecule has 5 N–H and O–H groups in total. The van der Waals surface area contributed by atoms with Gasteiger partial charge in [-0.1, -0.05) is 6.92 Å². The van der Waals surface area contributed by atoms with Gasteiger partial charge in [-0.05, 0) is 19.4 Å². The number of primary amides is 1. The number of nitrogens with one attached hydrogen (secondary N) is 3. The number of nitrogens with two attached hydrogens (primary N) is 1. The predicted octanol–water partition coefficient (Wildman–Crippen LogP) is 0.610. The van der Waals surface area contributed by atoms with E-state index in [0.29, 0.717) is 12.1 Å². The Morgan fingerprint density at radius 3 is 2.60 bits per heavy atom. The Bertz CT molecular complexity index is 476. The molecule has 0 aliphatic rings. The van der Waals surface area contributed by atoms with Crippen molar-refractivity contribution >= 4 is 17.6 Å². The van der Waals surface area contributed by atoms with Crippen LogP contribution in [0.1, 0.15) is 29.4 Å². The third-order valence-corrected chi connectivity index (χ3v) is 2.56. The van der Waals surface area contributed by atoms with Gasteiger partial charge in [0, 0.05) is 31.5 Å². The Morgan fingerprint density at radius 1 is 1.25 bits per heavy atom. The van der Waals surface area contributed by atoms with E-state index in [9.17, 15) is 9.59 Å². The van der Waals surface area contributed by atoms with Crippen LogP contribution < -0.4 is 21.7 Å². The second-order valence-electron chi connectivity index (χ2n) is 4.34. The zero-order valence-corrected chi connectivity index (χ0v) is 11.8. The van der Waals surface area contributed by atoms with Crippen LogP contribution in [-0.2, 0) is 0 Å². The fourth-order valence-electron chi connectivity index (χ4n) is 1.60. The van der Waals surface area contributed by atoms with E-state index in [4.69, 9.17) is 5.73 Å². The Balaban J connectivity index is 2.63. The van der Waals surface area contributed by atoms with Crippen molar-refractivity contribution < 1.29 is 9.59 Å². The van der Waals surface area contributed by atoms with E-state index >= 15 is 0 Å². The Hall–Kier alpha value is -2.31. The largest absolute Gasteiger partial charge is 0.384 e. The first kappa shape index (κ1) is 15.7. The molecule has 0 aromatic carbocycles. The highest BCUT2D eigenvalue weighted by Gasteiger charge is 2.11. The average molecular weight is 279 g/mol. The van der Waals surface area contributed by atoms with E-state index in [1.807, 2.05) is 13.0 Å². The SMILES string of the molecule is CCCNc1cc(C)ncc1C(=O)NCCNC(N)=O. The number of rotatable bonds is 7. The van der Waals surface area contributed by atoms with Gasteiger partial charge in [-0.3, -0.25) is 9.78 Å². The predicted molar refractivity (Wildman–Crippen MR) is 77.7 cm³/mol. The Labute approximate surface area is 118 Å². The minimum atomic E-state index is -0.610. The van der Waals surface area contributed by atoms with E-state index in [0.717, 1.165) is 24.3 Å². The third-order valence-electron chi connectivity index (χ3n) is 2.56. The molecule has 20 heavy (non-hydrogen) atoms. The summed E-state index contributed by atoms with van der Waals surface area (Å²) in [6.45, 7) is 5.31. The van der Waals surface area contributed by atoms with Crippen molar-refractivity contribution in [3.8, 4) is 0 Å². The van der Waals surface area contributed by atoms with Gasteiger partial charge in [0.2, 0.25) is 0 Å². The normalized spacial score (nSPS) is 9.90. The fraction of sp³-hybridized carbons (Fsp3) is 0.462. The molecule has 3 amide bonds. The zero-order chi connectivity index (χ0) is 15.0. The molecule has 110 valence electrons.